The molecule has 1 heterocycles. The number of fused-ring (bicyclic) bond motifs is 2. The first-order valence-corrected chi connectivity index (χ1v) is 6.79. The van der Waals surface area contributed by atoms with E-state index in [1.807, 2.05) is 12.1 Å². The predicted molar refractivity (Wildman–Crippen MR) is 80.0 cm³/mol. The molecule has 0 unspecified atom stereocenters. The van der Waals surface area contributed by atoms with Crippen LogP contribution in [0.5, 0.6) is 5.75 Å². The number of ether oxygens (including phenoxy) is 1. The molecule has 0 aliphatic carbocycles. The van der Waals surface area contributed by atoms with Crippen molar-refractivity contribution in [2.45, 2.75) is 12.8 Å². The summed E-state index contributed by atoms with van der Waals surface area (Å²) in [4.78, 5) is 24.7. The van der Waals surface area contributed by atoms with Crippen molar-refractivity contribution >= 4 is 17.4 Å². The van der Waals surface area contributed by atoms with Crippen LogP contribution in [0.2, 0.25) is 0 Å². The van der Waals surface area contributed by atoms with Gasteiger partial charge in [-0.3, -0.25) is 9.59 Å². The lowest BCUT2D eigenvalue weighted by Crippen LogP contribution is -2.14. The number of carbonyl (C=O) groups excluding carboxylic acids is 2. The molecule has 1 aliphatic heterocycles. The molecular weight excluding hydrogens is 266 g/mol. The van der Waals surface area contributed by atoms with Gasteiger partial charge in [0.25, 0.3) is 5.91 Å². The Morgan fingerprint density at radius 2 is 1.81 bits per heavy atom. The Morgan fingerprint density at radius 3 is 2.62 bits per heavy atom. The molecule has 0 saturated heterocycles. The molecule has 1 amide bonds. The highest BCUT2D eigenvalue weighted by atomic mass is 16.5. The van der Waals surface area contributed by atoms with Crippen LogP contribution in [-0.2, 0) is 6.42 Å². The number of para-hydroxylation sites is 1. The van der Waals surface area contributed by atoms with Crippen molar-refractivity contribution in [1.29, 1.82) is 0 Å². The molecule has 0 bridgehead atoms. The Labute approximate surface area is 122 Å². The smallest absolute Gasteiger partial charge is 0.256 e. The number of hydrogen-bond acceptors (Lipinski definition) is 3. The molecule has 0 radical (unpaired) electrons. The van der Waals surface area contributed by atoms with Gasteiger partial charge in [0.05, 0.1) is 12.8 Å². The number of hydrogen-bond donors (Lipinski definition) is 1. The van der Waals surface area contributed by atoms with Gasteiger partial charge in [-0.15, -0.1) is 0 Å². The summed E-state index contributed by atoms with van der Waals surface area (Å²) < 4.78 is 5.18. The first kappa shape index (κ1) is 13.4. The van der Waals surface area contributed by atoms with Crippen LogP contribution in [-0.4, -0.2) is 18.8 Å². The second kappa shape index (κ2) is 5.40. The molecule has 0 fully saturated rings. The molecule has 2 aromatic carbocycles. The molecule has 2 aromatic rings. The van der Waals surface area contributed by atoms with Crippen molar-refractivity contribution in [3.05, 3.63) is 59.2 Å². The van der Waals surface area contributed by atoms with Gasteiger partial charge in [-0.25, -0.2) is 0 Å². The van der Waals surface area contributed by atoms with Crippen LogP contribution >= 0.6 is 0 Å². The Morgan fingerprint density at radius 1 is 1.00 bits per heavy atom. The molecule has 1 N–H and O–H groups in total. The molecule has 1 aliphatic rings. The van der Waals surface area contributed by atoms with Crippen molar-refractivity contribution < 1.29 is 14.3 Å². The second-order valence-electron chi connectivity index (χ2n) is 4.95. The molecule has 4 heteroatoms. The normalized spacial score (nSPS) is 14.1. The predicted octanol–water partition coefficient (Wildman–Crippen LogP) is 3.08. The molecule has 0 saturated carbocycles. The van der Waals surface area contributed by atoms with Crippen molar-refractivity contribution in [3.63, 3.8) is 0 Å². The van der Waals surface area contributed by atoms with Crippen LogP contribution < -0.4 is 10.1 Å². The van der Waals surface area contributed by atoms with Crippen LogP contribution in [0, 0.1) is 0 Å². The van der Waals surface area contributed by atoms with Crippen LogP contribution in [0.25, 0.3) is 0 Å². The average molecular weight is 281 g/mol. The van der Waals surface area contributed by atoms with E-state index in [0.717, 1.165) is 5.56 Å². The van der Waals surface area contributed by atoms with E-state index < -0.39 is 0 Å². The fourth-order valence-corrected chi connectivity index (χ4v) is 2.52. The fraction of sp³-hybridized carbons (Fsp3) is 0.176. The Balaban J connectivity index is 2.09. The number of anilines is 1. The van der Waals surface area contributed by atoms with Gasteiger partial charge in [0, 0.05) is 17.5 Å². The van der Waals surface area contributed by atoms with Crippen molar-refractivity contribution in [2.75, 3.05) is 12.4 Å². The number of nitrogens with one attached hydrogen (secondary N) is 1. The first-order chi connectivity index (χ1) is 10.2. The fourth-order valence-electron chi connectivity index (χ4n) is 2.52. The maximum Gasteiger partial charge on any atom is 0.256 e. The largest absolute Gasteiger partial charge is 0.497 e. The number of rotatable bonds is 1. The summed E-state index contributed by atoms with van der Waals surface area (Å²) in [6.07, 6.45) is 0.922. The summed E-state index contributed by atoms with van der Waals surface area (Å²) in [5, 5.41) is 2.82. The van der Waals surface area contributed by atoms with Crippen LogP contribution in [0.3, 0.4) is 0 Å². The monoisotopic (exact) mass is 281 g/mol. The van der Waals surface area contributed by atoms with Gasteiger partial charge in [0.2, 0.25) is 0 Å². The topological polar surface area (TPSA) is 55.4 Å². The summed E-state index contributed by atoms with van der Waals surface area (Å²) in [5.74, 6) is 0.448. The SMILES string of the molecule is COc1ccc2c(c1)C(=O)Nc1ccccc1C(=O)CC2. The molecule has 0 aromatic heterocycles. The van der Waals surface area contributed by atoms with E-state index in [0.29, 0.717) is 35.4 Å². The number of aryl methyl sites for hydroxylation is 1. The average Bonchev–Trinajstić information content (AvgIpc) is 2.56. The summed E-state index contributed by atoms with van der Waals surface area (Å²) in [6, 6.07) is 12.5. The number of Topliss-reactive ketones (excluding diaryl/α,β-unsaturated/α-hetero) is 1. The minimum absolute atomic E-state index is 0.0366. The molecule has 4 nitrogen and oxygen atoms in total. The molecule has 0 atom stereocenters. The van der Waals surface area contributed by atoms with E-state index in [-0.39, 0.29) is 11.7 Å². The third kappa shape index (κ3) is 2.52. The highest BCUT2D eigenvalue weighted by molar-refractivity contribution is 6.11. The third-order valence-electron chi connectivity index (χ3n) is 3.66. The van der Waals surface area contributed by atoms with Gasteiger partial charge in [0.1, 0.15) is 5.75 Å². The summed E-state index contributed by atoms with van der Waals surface area (Å²) in [5.41, 5.74) is 2.53. The van der Waals surface area contributed by atoms with Gasteiger partial charge < -0.3 is 10.1 Å². The third-order valence-corrected chi connectivity index (χ3v) is 3.66. The summed E-state index contributed by atoms with van der Waals surface area (Å²) in [7, 11) is 1.56. The maximum absolute atomic E-state index is 12.5. The minimum Gasteiger partial charge on any atom is -0.497 e. The van der Waals surface area contributed by atoms with Gasteiger partial charge in [-0.05, 0) is 36.2 Å². The zero-order valence-electron chi connectivity index (χ0n) is 11.7. The Hall–Kier alpha value is -2.62. The summed E-state index contributed by atoms with van der Waals surface area (Å²) >= 11 is 0. The van der Waals surface area contributed by atoms with Crippen molar-refractivity contribution in [3.8, 4) is 5.75 Å². The highest BCUT2D eigenvalue weighted by Crippen LogP contribution is 2.25. The lowest BCUT2D eigenvalue weighted by Gasteiger charge is -2.10. The number of carbonyl (C=O) groups is 2. The molecular formula is C17H15NO3. The second-order valence-corrected chi connectivity index (χ2v) is 4.95. The standard InChI is InChI=1S/C17H15NO3/c1-21-12-8-6-11-7-9-16(19)13-4-2-3-5-15(13)18-17(20)14(11)10-12/h2-6,8,10H,7,9H2,1H3,(H,18,20). The number of amides is 1. The Kier molecular flexibility index (Phi) is 3.44. The minimum atomic E-state index is -0.217. The molecule has 0 spiro atoms. The van der Waals surface area contributed by atoms with E-state index in [9.17, 15) is 9.59 Å². The van der Waals surface area contributed by atoms with E-state index >= 15 is 0 Å². The summed E-state index contributed by atoms with van der Waals surface area (Å²) in [6.45, 7) is 0. The van der Waals surface area contributed by atoms with E-state index in [2.05, 4.69) is 5.32 Å². The zero-order valence-corrected chi connectivity index (χ0v) is 11.7. The zero-order chi connectivity index (χ0) is 14.8. The number of benzene rings is 2. The Bertz CT molecular complexity index is 722. The van der Waals surface area contributed by atoms with Crippen LogP contribution in [0.15, 0.2) is 42.5 Å². The lowest BCUT2D eigenvalue weighted by atomic mass is 9.99. The molecule has 106 valence electrons. The van der Waals surface area contributed by atoms with Gasteiger partial charge in [-0.2, -0.15) is 0 Å². The van der Waals surface area contributed by atoms with Gasteiger partial charge in [-0.1, -0.05) is 18.2 Å². The number of methoxy groups -OCH3 is 1. The lowest BCUT2D eigenvalue weighted by molar-refractivity contribution is 0.0982. The van der Waals surface area contributed by atoms with E-state index in [1.165, 1.54) is 0 Å². The van der Waals surface area contributed by atoms with Crippen LogP contribution in [0.4, 0.5) is 5.69 Å². The van der Waals surface area contributed by atoms with E-state index in [4.69, 9.17) is 4.74 Å². The van der Waals surface area contributed by atoms with Crippen LogP contribution in [0.1, 0.15) is 32.7 Å². The molecule has 21 heavy (non-hydrogen) atoms. The van der Waals surface area contributed by atoms with Crippen molar-refractivity contribution in [2.24, 2.45) is 0 Å². The number of ketones is 1. The van der Waals surface area contributed by atoms with Crippen molar-refractivity contribution in [1.82, 2.24) is 0 Å². The first-order valence-electron chi connectivity index (χ1n) is 6.79. The van der Waals surface area contributed by atoms with Gasteiger partial charge >= 0.3 is 0 Å². The quantitative estimate of drug-likeness (QED) is 0.874. The highest BCUT2D eigenvalue weighted by Gasteiger charge is 2.20. The maximum atomic E-state index is 12.5. The molecule has 3 rings (SSSR count). The van der Waals surface area contributed by atoms with E-state index in [1.54, 1.807) is 37.4 Å². The van der Waals surface area contributed by atoms with Gasteiger partial charge in [0.15, 0.2) is 5.78 Å².